The van der Waals surface area contributed by atoms with Crippen LogP contribution in [-0.2, 0) is 11.2 Å². The quantitative estimate of drug-likeness (QED) is 0.431. The Bertz CT molecular complexity index is 923. The van der Waals surface area contributed by atoms with Crippen molar-refractivity contribution in [1.29, 1.82) is 0 Å². The number of hydrogen-bond acceptors (Lipinski definition) is 5. The van der Waals surface area contributed by atoms with Crippen LogP contribution in [0.25, 0.3) is 0 Å². The van der Waals surface area contributed by atoms with Crippen LogP contribution in [0.15, 0.2) is 66.3 Å². The SMILES string of the molecule is C=C(C)CCOC(=O)c1ccccc1O.CC(C)=CCc1cccc(C(=O)O)c1O. The fourth-order valence-corrected chi connectivity index (χ4v) is 2.28. The normalized spacial score (nSPS) is 9.70. The Hall–Kier alpha value is -3.54. The molecule has 0 spiro atoms. The summed E-state index contributed by atoms with van der Waals surface area (Å²) in [6, 6.07) is 11.1. The second-order valence-corrected chi connectivity index (χ2v) is 6.96. The van der Waals surface area contributed by atoms with E-state index in [1.54, 1.807) is 24.3 Å². The average molecular weight is 412 g/mol. The van der Waals surface area contributed by atoms with E-state index in [0.717, 1.165) is 11.1 Å². The van der Waals surface area contributed by atoms with Crippen molar-refractivity contribution in [2.24, 2.45) is 0 Å². The van der Waals surface area contributed by atoms with Crippen LogP contribution in [0, 0.1) is 0 Å². The Balaban J connectivity index is 0.000000300. The number of hydrogen-bond donors (Lipinski definition) is 3. The number of carbonyl (C=O) groups excluding carboxylic acids is 1. The average Bonchev–Trinajstić information content (AvgIpc) is 2.67. The number of aromatic hydroxyl groups is 2. The van der Waals surface area contributed by atoms with Gasteiger partial charge in [0.15, 0.2) is 0 Å². The number of carboxylic acid groups (broad SMARTS) is 1. The maximum Gasteiger partial charge on any atom is 0.341 e. The van der Waals surface area contributed by atoms with Crippen molar-refractivity contribution in [3.05, 3.63) is 83.0 Å². The van der Waals surface area contributed by atoms with Crippen molar-refractivity contribution in [2.75, 3.05) is 6.61 Å². The summed E-state index contributed by atoms with van der Waals surface area (Å²) < 4.78 is 4.96. The number of benzene rings is 2. The van der Waals surface area contributed by atoms with Gasteiger partial charge in [0, 0.05) is 6.42 Å². The predicted molar refractivity (Wildman–Crippen MR) is 116 cm³/mol. The molecule has 0 saturated carbocycles. The first kappa shape index (κ1) is 24.5. The van der Waals surface area contributed by atoms with Gasteiger partial charge in [-0.15, -0.1) is 6.58 Å². The molecule has 6 heteroatoms. The van der Waals surface area contributed by atoms with Gasteiger partial charge in [-0.3, -0.25) is 0 Å². The molecule has 3 N–H and O–H groups in total. The number of para-hydroxylation sites is 2. The molecule has 0 saturated heterocycles. The maximum atomic E-state index is 11.4. The number of carboxylic acids is 1. The van der Waals surface area contributed by atoms with Crippen LogP contribution >= 0.6 is 0 Å². The molecule has 0 heterocycles. The molecule has 0 bridgehead atoms. The highest BCUT2D eigenvalue weighted by molar-refractivity contribution is 5.92. The lowest BCUT2D eigenvalue weighted by Gasteiger charge is -2.05. The van der Waals surface area contributed by atoms with Gasteiger partial charge in [-0.1, -0.05) is 41.5 Å². The van der Waals surface area contributed by atoms with E-state index in [1.165, 1.54) is 18.2 Å². The number of esters is 1. The second-order valence-electron chi connectivity index (χ2n) is 6.96. The lowest BCUT2D eigenvalue weighted by Crippen LogP contribution is -2.06. The smallest absolute Gasteiger partial charge is 0.341 e. The lowest BCUT2D eigenvalue weighted by atomic mass is 10.1. The summed E-state index contributed by atoms with van der Waals surface area (Å²) >= 11 is 0. The van der Waals surface area contributed by atoms with Crippen LogP contribution in [0.2, 0.25) is 0 Å². The fraction of sp³-hybridized carbons (Fsp3) is 0.250. The standard InChI is InChI=1S/2C12H14O3/c1-8(2)6-7-9-4-3-5-10(11(9)13)12(14)15;1-9(2)7-8-15-12(14)10-5-3-4-6-11(10)13/h3-6,13H,7H2,1-2H3,(H,14,15);3-6,13H,1,7-8H2,2H3. The van der Waals surface area contributed by atoms with Gasteiger partial charge in [0.05, 0.1) is 6.61 Å². The lowest BCUT2D eigenvalue weighted by molar-refractivity contribution is 0.0505. The molecule has 2 aromatic rings. The van der Waals surface area contributed by atoms with E-state index in [1.807, 2.05) is 26.8 Å². The molecule has 0 unspecified atom stereocenters. The highest BCUT2D eigenvalue weighted by Gasteiger charge is 2.12. The topological polar surface area (TPSA) is 104 Å². The maximum absolute atomic E-state index is 11.4. The Kier molecular flexibility index (Phi) is 9.89. The Labute approximate surface area is 176 Å². The number of allylic oxidation sites excluding steroid dienone is 2. The summed E-state index contributed by atoms with van der Waals surface area (Å²) in [6.07, 6.45) is 3.13. The minimum absolute atomic E-state index is 0.0466. The largest absolute Gasteiger partial charge is 0.507 e. The molecule has 0 fully saturated rings. The second kappa shape index (κ2) is 12.1. The first-order chi connectivity index (χ1) is 14.1. The number of phenols is 2. The van der Waals surface area contributed by atoms with Gasteiger partial charge in [0.2, 0.25) is 0 Å². The zero-order chi connectivity index (χ0) is 22.7. The number of aromatic carboxylic acids is 1. The van der Waals surface area contributed by atoms with Crippen LogP contribution in [0.3, 0.4) is 0 Å². The third kappa shape index (κ3) is 8.22. The summed E-state index contributed by atoms with van der Waals surface area (Å²) in [5, 5.41) is 27.8. The van der Waals surface area contributed by atoms with Crippen LogP contribution in [0.1, 0.15) is 53.5 Å². The first-order valence-corrected chi connectivity index (χ1v) is 9.40. The van der Waals surface area contributed by atoms with E-state index < -0.39 is 11.9 Å². The molecule has 160 valence electrons. The summed E-state index contributed by atoms with van der Waals surface area (Å²) in [5.74, 6) is -1.80. The minimum Gasteiger partial charge on any atom is -0.507 e. The molecular weight excluding hydrogens is 384 g/mol. The van der Waals surface area contributed by atoms with Crippen LogP contribution in [0.4, 0.5) is 0 Å². The molecule has 0 aliphatic carbocycles. The van der Waals surface area contributed by atoms with Crippen LogP contribution in [-0.4, -0.2) is 33.9 Å². The van der Waals surface area contributed by atoms with Gasteiger partial charge >= 0.3 is 11.9 Å². The zero-order valence-electron chi connectivity index (χ0n) is 17.5. The van der Waals surface area contributed by atoms with E-state index >= 15 is 0 Å². The third-order valence-electron chi connectivity index (χ3n) is 3.97. The Morgan fingerprint density at radius 1 is 1.00 bits per heavy atom. The summed E-state index contributed by atoms with van der Waals surface area (Å²) in [6.45, 7) is 9.78. The molecule has 30 heavy (non-hydrogen) atoms. The monoisotopic (exact) mass is 412 g/mol. The van der Waals surface area contributed by atoms with E-state index in [0.29, 0.717) is 25.0 Å². The molecule has 0 aliphatic heterocycles. The summed E-state index contributed by atoms with van der Waals surface area (Å²) in [5.41, 5.74) is 2.88. The zero-order valence-corrected chi connectivity index (χ0v) is 17.5. The highest BCUT2D eigenvalue weighted by atomic mass is 16.5. The molecule has 0 radical (unpaired) electrons. The van der Waals surface area contributed by atoms with Crippen molar-refractivity contribution in [2.45, 2.75) is 33.6 Å². The third-order valence-corrected chi connectivity index (χ3v) is 3.97. The van der Waals surface area contributed by atoms with Gasteiger partial charge in [0.1, 0.15) is 22.6 Å². The Morgan fingerprint density at radius 3 is 2.20 bits per heavy atom. The van der Waals surface area contributed by atoms with Crippen molar-refractivity contribution in [3.63, 3.8) is 0 Å². The van der Waals surface area contributed by atoms with E-state index in [2.05, 4.69) is 6.58 Å². The molecule has 2 aromatic carbocycles. The summed E-state index contributed by atoms with van der Waals surface area (Å²) in [7, 11) is 0. The number of phenolic OH excluding ortho intramolecular Hbond substituents is 1. The molecule has 0 amide bonds. The van der Waals surface area contributed by atoms with Gasteiger partial charge in [-0.2, -0.15) is 0 Å². The van der Waals surface area contributed by atoms with Gasteiger partial charge in [0.25, 0.3) is 0 Å². The highest BCUT2D eigenvalue weighted by Crippen LogP contribution is 2.23. The predicted octanol–water partition coefficient (Wildman–Crippen LogP) is 5.11. The van der Waals surface area contributed by atoms with Crippen molar-refractivity contribution >= 4 is 11.9 Å². The molecule has 0 aliphatic rings. The van der Waals surface area contributed by atoms with Gasteiger partial charge < -0.3 is 20.1 Å². The summed E-state index contributed by atoms with van der Waals surface area (Å²) in [4.78, 5) is 22.2. The van der Waals surface area contributed by atoms with Gasteiger partial charge in [-0.25, -0.2) is 9.59 Å². The van der Waals surface area contributed by atoms with Crippen LogP contribution < -0.4 is 0 Å². The first-order valence-electron chi connectivity index (χ1n) is 9.40. The molecule has 6 nitrogen and oxygen atoms in total. The van der Waals surface area contributed by atoms with E-state index in [9.17, 15) is 19.8 Å². The fourth-order valence-electron chi connectivity index (χ4n) is 2.28. The van der Waals surface area contributed by atoms with Crippen molar-refractivity contribution < 1.29 is 29.6 Å². The van der Waals surface area contributed by atoms with Gasteiger partial charge in [-0.05, 0) is 51.0 Å². The molecule has 2 rings (SSSR count). The Morgan fingerprint density at radius 2 is 1.63 bits per heavy atom. The number of rotatable bonds is 7. The number of carbonyl (C=O) groups is 2. The minimum atomic E-state index is -1.11. The molecule has 0 atom stereocenters. The van der Waals surface area contributed by atoms with E-state index in [-0.39, 0.29) is 22.6 Å². The molecular formula is C24H28O6. The number of ether oxygens (including phenoxy) is 1. The van der Waals surface area contributed by atoms with Crippen molar-refractivity contribution in [1.82, 2.24) is 0 Å². The van der Waals surface area contributed by atoms with E-state index in [4.69, 9.17) is 9.84 Å². The molecule has 0 aromatic heterocycles. The van der Waals surface area contributed by atoms with Crippen LogP contribution in [0.5, 0.6) is 11.5 Å². The van der Waals surface area contributed by atoms with Crippen molar-refractivity contribution in [3.8, 4) is 11.5 Å².